The van der Waals surface area contributed by atoms with E-state index in [9.17, 15) is 4.79 Å². The summed E-state index contributed by atoms with van der Waals surface area (Å²) in [6.45, 7) is 5.20. The van der Waals surface area contributed by atoms with Crippen LogP contribution in [-0.4, -0.2) is 32.2 Å². The fourth-order valence-electron chi connectivity index (χ4n) is 1.64. The molecule has 0 unspecified atom stereocenters. The molecule has 3 heteroatoms. The van der Waals surface area contributed by atoms with Gasteiger partial charge in [-0.25, -0.2) is 4.79 Å². The maximum Gasteiger partial charge on any atom is 0.361 e. The lowest BCUT2D eigenvalue weighted by Gasteiger charge is -2.22. The van der Waals surface area contributed by atoms with Crippen LogP contribution in [0.1, 0.15) is 26.2 Å². The zero-order chi connectivity index (χ0) is 8.81. The molecule has 0 bridgehead atoms. The minimum Gasteiger partial charge on any atom is -0.462 e. The Bertz CT molecular complexity index is 141. The SMILES string of the molecule is CCOC(=O)C[NH+]1CCCCC1. The van der Waals surface area contributed by atoms with E-state index in [1.54, 1.807) is 0 Å². The molecule has 12 heavy (non-hydrogen) atoms. The molecule has 1 rings (SSSR count). The van der Waals surface area contributed by atoms with Gasteiger partial charge in [-0.1, -0.05) is 0 Å². The molecule has 1 N–H and O–H groups in total. The van der Waals surface area contributed by atoms with Crippen LogP contribution >= 0.6 is 0 Å². The van der Waals surface area contributed by atoms with Crippen LogP contribution in [0.3, 0.4) is 0 Å². The number of carbonyl (C=O) groups is 1. The number of quaternary nitrogens is 1. The molecule has 0 atom stereocenters. The van der Waals surface area contributed by atoms with Gasteiger partial charge in [0, 0.05) is 0 Å². The van der Waals surface area contributed by atoms with Crippen molar-refractivity contribution in [1.29, 1.82) is 0 Å². The standard InChI is InChI=1S/C9H17NO2/c1-2-12-9(11)8-10-6-4-3-5-7-10/h2-8H2,1H3/p+1. The van der Waals surface area contributed by atoms with E-state index < -0.39 is 0 Å². The summed E-state index contributed by atoms with van der Waals surface area (Å²) in [6, 6.07) is 0. The average Bonchev–Trinajstić information content (AvgIpc) is 2.06. The van der Waals surface area contributed by atoms with Crippen LogP contribution in [0.4, 0.5) is 0 Å². The molecule has 0 aromatic rings. The first kappa shape index (κ1) is 9.52. The zero-order valence-electron chi connectivity index (χ0n) is 7.77. The highest BCUT2D eigenvalue weighted by atomic mass is 16.5. The molecule has 0 aromatic heterocycles. The molecule has 3 nitrogen and oxygen atoms in total. The molecule has 0 saturated carbocycles. The second-order valence-electron chi connectivity index (χ2n) is 3.29. The first-order valence-electron chi connectivity index (χ1n) is 4.82. The van der Waals surface area contributed by atoms with Gasteiger partial charge < -0.3 is 9.64 Å². The van der Waals surface area contributed by atoms with Crippen molar-refractivity contribution < 1.29 is 14.4 Å². The number of likely N-dealkylation sites (tertiary alicyclic amines) is 1. The molecule has 0 spiro atoms. The van der Waals surface area contributed by atoms with E-state index in [0.29, 0.717) is 13.2 Å². The molecule has 0 aliphatic carbocycles. The molecule has 1 aliphatic heterocycles. The van der Waals surface area contributed by atoms with Gasteiger partial charge in [0.15, 0.2) is 6.54 Å². The summed E-state index contributed by atoms with van der Waals surface area (Å²) in [7, 11) is 0. The molecule has 1 aliphatic rings. The summed E-state index contributed by atoms with van der Waals surface area (Å²) in [6.07, 6.45) is 3.84. The van der Waals surface area contributed by atoms with Crippen molar-refractivity contribution in [3.63, 3.8) is 0 Å². The first-order valence-corrected chi connectivity index (χ1v) is 4.82. The largest absolute Gasteiger partial charge is 0.462 e. The smallest absolute Gasteiger partial charge is 0.361 e. The molecular formula is C9H18NO2+. The van der Waals surface area contributed by atoms with Gasteiger partial charge in [-0.15, -0.1) is 0 Å². The number of nitrogens with one attached hydrogen (secondary N) is 1. The van der Waals surface area contributed by atoms with Gasteiger partial charge in [0.25, 0.3) is 0 Å². The lowest BCUT2D eigenvalue weighted by Crippen LogP contribution is -3.13. The second-order valence-corrected chi connectivity index (χ2v) is 3.29. The highest BCUT2D eigenvalue weighted by molar-refractivity contribution is 5.70. The van der Waals surface area contributed by atoms with Crippen molar-refractivity contribution in [2.45, 2.75) is 26.2 Å². The minimum atomic E-state index is -0.0469. The lowest BCUT2D eigenvalue weighted by molar-refractivity contribution is -0.897. The third kappa shape index (κ3) is 3.22. The Kier molecular flexibility index (Phi) is 4.08. The number of hydrogen-bond acceptors (Lipinski definition) is 2. The number of ether oxygens (including phenoxy) is 1. The monoisotopic (exact) mass is 172 g/mol. The van der Waals surface area contributed by atoms with Gasteiger partial charge in [0.2, 0.25) is 0 Å². The van der Waals surface area contributed by atoms with Gasteiger partial charge in [0.1, 0.15) is 0 Å². The Hall–Kier alpha value is -0.570. The molecule has 1 saturated heterocycles. The van der Waals surface area contributed by atoms with E-state index >= 15 is 0 Å². The van der Waals surface area contributed by atoms with E-state index in [-0.39, 0.29) is 5.97 Å². The predicted molar refractivity (Wildman–Crippen MR) is 46.0 cm³/mol. The van der Waals surface area contributed by atoms with Gasteiger partial charge in [-0.2, -0.15) is 0 Å². The summed E-state index contributed by atoms with van der Waals surface area (Å²) >= 11 is 0. The van der Waals surface area contributed by atoms with Crippen molar-refractivity contribution in [3.8, 4) is 0 Å². The summed E-state index contributed by atoms with van der Waals surface area (Å²) < 4.78 is 4.88. The minimum absolute atomic E-state index is 0.0469. The summed E-state index contributed by atoms with van der Waals surface area (Å²) in [4.78, 5) is 12.5. The van der Waals surface area contributed by atoms with Crippen LogP contribution in [-0.2, 0) is 9.53 Å². The maximum atomic E-state index is 11.1. The summed E-state index contributed by atoms with van der Waals surface area (Å²) in [5.41, 5.74) is 0. The third-order valence-corrected chi connectivity index (χ3v) is 2.26. The van der Waals surface area contributed by atoms with Crippen LogP contribution in [0.15, 0.2) is 0 Å². The summed E-state index contributed by atoms with van der Waals surface area (Å²) in [5, 5.41) is 0. The predicted octanol–water partition coefficient (Wildman–Crippen LogP) is -0.382. The molecule has 0 aromatic carbocycles. The fourth-order valence-corrected chi connectivity index (χ4v) is 1.64. The molecule has 0 amide bonds. The van der Waals surface area contributed by atoms with Crippen molar-refractivity contribution in [1.82, 2.24) is 0 Å². The average molecular weight is 172 g/mol. The third-order valence-electron chi connectivity index (χ3n) is 2.26. The highest BCUT2D eigenvalue weighted by Crippen LogP contribution is 1.94. The Labute approximate surface area is 73.7 Å². The van der Waals surface area contributed by atoms with Crippen LogP contribution in [0, 0.1) is 0 Å². The molecule has 1 fully saturated rings. The van der Waals surface area contributed by atoms with Crippen molar-refractivity contribution in [3.05, 3.63) is 0 Å². The molecule has 70 valence electrons. The van der Waals surface area contributed by atoms with Crippen molar-refractivity contribution >= 4 is 5.97 Å². The van der Waals surface area contributed by atoms with Crippen molar-refractivity contribution in [2.75, 3.05) is 26.2 Å². The van der Waals surface area contributed by atoms with Gasteiger partial charge in [-0.05, 0) is 26.2 Å². The van der Waals surface area contributed by atoms with Gasteiger partial charge in [0.05, 0.1) is 19.7 Å². The fraction of sp³-hybridized carbons (Fsp3) is 0.889. The Balaban J connectivity index is 2.15. The zero-order valence-corrected chi connectivity index (χ0v) is 7.77. The lowest BCUT2D eigenvalue weighted by atomic mass is 10.1. The van der Waals surface area contributed by atoms with Crippen molar-refractivity contribution in [2.24, 2.45) is 0 Å². The summed E-state index contributed by atoms with van der Waals surface area (Å²) in [5.74, 6) is -0.0469. The van der Waals surface area contributed by atoms with E-state index in [2.05, 4.69) is 0 Å². The Morgan fingerprint density at radius 3 is 2.58 bits per heavy atom. The van der Waals surface area contributed by atoms with Gasteiger partial charge in [-0.3, -0.25) is 0 Å². The second kappa shape index (κ2) is 5.14. The number of esters is 1. The number of piperidine rings is 1. The quantitative estimate of drug-likeness (QED) is 0.588. The first-order chi connectivity index (χ1) is 5.83. The Morgan fingerprint density at radius 1 is 1.33 bits per heavy atom. The van der Waals surface area contributed by atoms with Crippen LogP contribution in [0.25, 0.3) is 0 Å². The molecule has 0 radical (unpaired) electrons. The number of rotatable bonds is 3. The highest BCUT2D eigenvalue weighted by Gasteiger charge is 2.17. The molecule has 1 heterocycles. The van der Waals surface area contributed by atoms with Crippen LogP contribution in [0.5, 0.6) is 0 Å². The Morgan fingerprint density at radius 2 is 2.00 bits per heavy atom. The van der Waals surface area contributed by atoms with E-state index in [0.717, 1.165) is 13.1 Å². The molecular weight excluding hydrogens is 154 g/mol. The number of hydrogen-bond donors (Lipinski definition) is 1. The van der Waals surface area contributed by atoms with Crippen LogP contribution in [0.2, 0.25) is 0 Å². The normalized spacial score (nSPS) is 19.1. The van der Waals surface area contributed by atoms with E-state index in [1.807, 2.05) is 6.92 Å². The topological polar surface area (TPSA) is 30.7 Å². The maximum absolute atomic E-state index is 11.1. The van der Waals surface area contributed by atoms with E-state index in [1.165, 1.54) is 24.2 Å². The number of carbonyl (C=O) groups excluding carboxylic acids is 1. The van der Waals surface area contributed by atoms with Crippen LogP contribution < -0.4 is 4.90 Å². The van der Waals surface area contributed by atoms with E-state index in [4.69, 9.17) is 4.74 Å². The van der Waals surface area contributed by atoms with Gasteiger partial charge >= 0.3 is 5.97 Å².